The number of thioether (sulfide) groups is 1. The molecule has 1 aliphatic rings. The van der Waals surface area contributed by atoms with E-state index in [1.165, 1.54) is 24.2 Å². The summed E-state index contributed by atoms with van der Waals surface area (Å²) in [4.78, 5) is 8.67. The molecule has 1 atom stereocenters. The normalized spacial score (nSPS) is 21.8. The summed E-state index contributed by atoms with van der Waals surface area (Å²) in [6.45, 7) is 6.07. The average molecular weight is 420 g/mol. The third kappa shape index (κ3) is 5.65. The highest BCUT2D eigenvalue weighted by atomic mass is 127. The molecule has 0 saturated carbocycles. The molecule has 21 heavy (non-hydrogen) atoms. The highest BCUT2D eigenvalue weighted by Crippen LogP contribution is 2.36. The summed E-state index contributed by atoms with van der Waals surface area (Å²) in [7, 11) is 1.81. The van der Waals surface area contributed by atoms with E-state index in [0.717, 1.165) is 18.2 Å². The molecular formula is C15H25IN4S. The standard InChI is InChI=1S/C15H24N4S.HI/c1-12-6-4-8-17-13(12)10-18-14(16-3)19-11-15(2)7-5-9-20-15;/h4,6,8H,5,7,9-11H2,1-3H3,(H2,16,18,19);1H. The van der Waals surface area contributed by atoms with E-state index in [4.69, 9.17) is 0 Å². The van der Waals surface area contributed by atoms with E-state index in [-0.39, 0.29) is 24.0 Å². The van der Waals surface area contributed by atoms with Gasteiger partial charge in [0.15, 0.2) is 5.96 Å². The molecule has 1 unspecified atom stereocenters. The molecule has 118 valence electrons. The van der Waals surface area contributed by atoms with Gasteiger partial charge >= 0.3 is 0 Å². The number of hydrogen-bond donors (Lipinski definition) is 2. The number of pyridine rings is 1. The summed E-state index contributed by atoms with van der Waals surface area (Å²) in [6, 6.07) is 4.04. The van der Waals surface area contributed by atoms with Crippen LogP contribution >= 0.6 is 35.7 Å². The van der Waals surface area contributed by atoms with Crippen LogP contribution in [0.3, 0.4) is 0 Å². The van der Waals surface area contributed by atoms with Crippen molar-refractivity contribution in [3.05, 3.63) is 29.6 Å². The van der Waals surface area contributed by atoms with Crippen LogP contribution in [0.4, 0.5) is 0 Å². The van der Waals surface area contributed by atoms with Crippen LogP contribution in [0.25, 0.3) is 0 Å². The fraction of sp³-hybridized carbons (Fsp3) is 0.600. The van der Waals surface area contributed by atoms with E-state index in [9.17, 15) is 0 Å². The highest BCUT2D eigenvalue weighted by molar-refractivity contribution is 14.0. The number of aryl methyl sites for hydroxylation is 1. The number of halogens is 1. The molecule has 1 saturated heterocycles. The smallest absolute Gasteiger partial charge is 0.191 e. The first kappa shape index (κ1) is 18.5. The summed E-state index contributed by atoms with van der Waals surface area (Å²) in [5.41, 5.74) is 2.27. The predicted molar refractivity (Wildman–Crippen MR) is 103 cm³/mol. The fourth-order valence-corrected chi connectivity index (χ4v) is 3.58. The molecule has 0 radical (unpaired) electrons. The van der Waals surface area contributed by atoms with Gasteiger partial charge in [-0.3, -0.25) is 9.98 Å². The Bertz CT molecular complexity index is 472. The molecule has 0 spiro atoms. The van der Waals surface area contributed by atoms with Crippen LogP contribution in [0.2, 0.25) is 0 Å². The van der Waals surface area contributed by atoms with Gasteiger partial charge in [-0.15, -0.1) is 24.0 Å². The first-order valence-corrected chi connectivity index (χ1v) is 8.10. The lowest BCUT2D eigenvalue weighted by Crippen LogP contribution is -2.43. The van der Waals surface area contributed by atoms with Gasteiger partial charge in [0, 0.05) is 24.5 Å². The van der Waals surface area contributed by atoms with Crippen LogP contribution in [0.15, 0.2) is 23.3 Å². The maximum absolute atomic E-state index is 4.39. The number of aliphatic imine (C=N–C) groups is 1. The Labute approximate surface area is 149 Å². The zero-order chi connectivity index (χ0) is 14.4. The lowest BCUT2D eigenvalue weighted by atomic mass is 10.1. The van der Waals surface area contributed by atoms with Crippen molar-refractivity contribution in [1.82, 2.24) is 15.6 Å². The predicted octanol–water partition coefficient (Wildman–Crippen LogP) is 2.96. The van der Waals surface area contributed by atoms with Crippen LogP contribution in [0.5, 0.6) is 0 Å². The second kappa shape index (κ2) is 8.82. The molecule has 0 amide bonds. The van der Waals surface area contributed by atoms with Crippen LogP contribution < -0.4 is 10.6 Å². The van der Waals surface area contributed by atoms with E-state index < -0.39 is 0 Å². The van der Waals surface area contributed by atoms with Gasteiger partial charge in [0.25, 0.3) is 0 Å². The maximum atomic E-state index is 4.39. The highest BCUT2D eigenvalue weighted by Gasteiger charge is 2.29. The number of aromatic nitrogens is 1. The monoisotopic (exact) mass is 420 g/mol. The van der Waals surface area contributed by atoms with Gasteiger partial charge in [0.05, 0.1) is 12.2 Å². The summed E-state index contributed by atoms with van der Waals surface area (Å²) >= 11 is 2.06. The molecule has 1 aromatic heterocycles. The van der Waals surface area contributed by atoms with E-state index in [1.54, 1.807) is 0 Å². The average Bonchev–Trinajstić information content (AvgIpc) is 2.88. The summed E-state index contributed by atoms with van der Waals surface area (Å²) in [6.07, 6.45) is 4.43. The second-order valence-corrected chi connectivity index (χ2v) is 7.13. The summed E-state index contributed by atoms with van der Waals surface area (Å²) in [5.74, 6) is 2.13. The molecule has 0 aromatic carbocycles. The van der Waals surface area contributed by atoms with Crippen molar-refractivity contribution < 1.29 is 0 Å². The minimum Gasteiger partial charge on any atom is -0.355 e. The Hall–Kier alpha value is -0.500. The van der Waals surface area contributed by atoms with Crippen LogP contribution in [-0.4, -0.2) is 35.0 Å². The van der Waals surface area contributed by atoms with Crippen molar-refractivity contribution in [3.63, 3.8) is 0 Å². The molecule has 2 heterocycles. The molecule has 2 N–H and O–H groups in total. The van der Waals surface area contributed by atoms with Crippen molar-refractivity contribution in [2.75, 3.05) is 19.3 Å². The van der Waals surface area contributed by atoms with Crippen molar-refractivity contribution in [3.8, 4) is 0 Å². The number of nitrogens with one attached hydrogen (secondary N) is 2. The molecule has 1 fully saturated rings. The third-order valence-electron chi connectivity index (χ3n) is 3.69. The van der Waals surface area contributed by atoms with Crippen molar-refractivity contribution >= 4 is 41.7 Å². The Kier molecular flexibility index (Phi) is 7.79. The van der Waals surface area contributed by atoms with E-state index in [1.807, 2.05) is 19.3 Å². The summed E-state index contributed by atoms with van der Waals surface area (Å²) in [5, 5.41) is 6.77. The zero-order valence-corrected chi connectivity index (χ0v) is 16.1. The quantitative estimate of drug-likeness (QED) is 0.447. The van der Waals surface area contributed by atoms with E-state index >= 15 is 0 Å². The molecule has 6 heteroatoms. The SMILES string of the molecule is CN=C(NCc1ncccc1C)NCC1(C)CCCS1.I. The van der Waals surface area contributed by atoms with E-state index in [2.05, 4.69) is 52.3 Å². The fourth-order valence-electron chi connectivity index (χ4n) is 2.34. The van der Waals surface area contributed by atoms with Crippen molar-refractivity contribution in [1.29, 1.82) is 0 Å². The van der Waals surface area contributed by atoms with Gasteiger partial charge in [0.2, 0.25) is 0 Å². The van der Waals surface area contributed by atoms with Gasteiger partial charge in [0.1, 0.15) is 0 Å². The van der Waals surface area contributed by atoms with Gasteiger partial charge in [-0.2, -0.15) is 11.8 Å². The van der Waals surface area contributed by atoms with Gasteiger partial charge in [-0.1, -0.05) is 6.07 Å². The molecule has 1 aliphatic heterocycles. The third-order valence-corrected chi connectivity index (χ3v) is 5.23. The zero-order valence-electron chi connectivity index (χ0n) is 13.0. The maximum Gasteiger partial charge on any atom is 0.191 e. The van der Waals surface area contributed by atoms with Crippen LogP contribution in [-0.2, 0) is 6.54 Å². The Morgan fingerprint density at radius 1 is 1.48 bits per heavy atom. The Morgan fingerprint density at radius 2 is 2.29 bits per heavy atom. The largest absolute Gasteiger partial charge is 0.355 e. The van der Waals surface area contributed by atoms with Gasteiger partial charge in [-0.05, 0) is 44.1 Å². The van der Waals surface area contributed by atoms with Crippen LogP contribution in [0, 0.1) is 6.92 Å². The van der Waals surface area contributed by atoms with Crippen molar-refractivity contribution in [2.24, 2.45) is 4.99 Å². The van der Waals surface area contributed by atoms with Gasteiger partial charge < -0.3 is 10.6 Å². The minimum atomic E-state index is 0. The molecule has 2 rings (SSSR count). The van der Waals surface area contributed by atoms with Gasteiger partial charge in [-0.25, -0.2) is 0 Å². The van der Waals surface area contributed by atoms with E-state index in [0.29, 0.717) is 11.3 Å². The molecule has 1 aromatic rings. The first-order chi connectivity index (χ1) is 9.63. The number of guanidine groups is 1. The second-order valence-electron chi connectivity index (χ2n) is 5.45. The Morgan fingerprint density at radius 3 is 2.90 bits per heavy atom. The molecule has 4 nitrogen and oxygen atoms in total. The number of nitrogens with zero attached hydrogens (tertiary/aromatic N) is 2. The number of hydrogen-bond acceptors (Lipinski definition) is 3. The molecule has 0 aliphatic carbocycles. The molecular weight excluding hydrogens is 395 g/mol. The Balaban J connectivity index is 0.00000220. The molecule has 0 bridgehead atoms. The number of rotatable bonds is 4. The lowest BCUT2D eigenvalue weighted by molar-refractivity contribution is 0.584. The minimum absolute atomic E-state index is 0. The topological polar surface area (TPSA) is 49.3 Å². The first-order valence-electron chi connectivity index (χ1n) is 7.12. The lowest BCUT2D eigenvalue weighted by Gasteiger charge is -2.24. The van der Waals surface area contributed by atoms with Crippen molar-refractivity contribution in [2.45, 2.75) is 38.0 Å². The van der Waals surface area contributed by atoms with Crippen LogP contribution in [0.1, 0.15) is 31.0 Å². The summed E-state index contributed by atoms with van der Waals surface area (Å²) < 4.78 is 0.346.